The van der Waals surface area contributed by atoms with Crippen molar-refractivity contribution < 1.29 is 14.0 Å². The summed E-state index contributed by atoms with van der Waals surface area (Å²) in [6.45, 7) is 6.54. The van der Waals surface area contributed by atoms with Crippen LogP contribution in [0.15, 0.2) is 22.7 Å². The van der Waals surface area contributed by atoms with Crippen molar-refractivity contribution in [3.8, 4) is 22.9 Å². The quantitative estimate of drug-likeness (QED) is 0.827. The van der Waals surface area contributed by atoms with Crippen molar-refractivity contribution in [2.45, 2.75) is 26.7 Å². The number of nitrogens with zero attached hydrogens (tertiary/aromatic N) is 2. The first-order valence-electron chi connectivity index (χ1n) is 6.30. The molecule has 0 fully saturated rings. The summed E-state index contributed by atoms with van der Waals surface area (Å²) in [6.07, 6.45) is 0. The van der Waals surface area contributed by atoms with Crippen LogP contribution < -0.4 is 9.47 Å². The molecule has 0 aliphatic rings. The lowest BCUT2D eigenvalue weighted by Crippen LogP contribution is -1.95. The van der Waals surface area contributed by atoms with Crippen molar-refractivity contribution in [3.63, 3.8) is 0 Å². The van der Waals surface area contributed by atoms with Gasteiger partial charge in [0.1, 0.15) is 0 Å². The monoisotopic (exact) mass is 262 g/mol. The Labute approximate surface area is 112 Å². The van der Waals surface area contributed by atoms with E-state index in [0.29, 0.717) is 29.8 Å². The predicted molar refractivity (Wildman–Crippen MR) is 71.5 cm³/mol. The Hall–Kier alpha value is -2.04. The largest absolute Gasteiger partial charge is 0.493 e. The smallest absolute Gasteiger partial charge is 0.229 e. The molecular formula is C14H18N2O3. The normalized spacial score (nSPS) is 10.8. The standard InChI is InChI=1S/C14H18N2O3/c1-5-18-11-7-6-10(8-12(11)17-4)13-15-14(9(2)3)19-16-13/h6-9H,5H2,1-4H3. The molecule has 5 nitrogen and oxygen atoms in total. The van der Waals surface area contributed by atoms with Gasteiger partial charge in [-0.3, -0.25) is 0 Å². The second kappa shape index (κ2) is 5.73. The number of benzene rings is 1. The minimum atomic E-state index is 0.214. The molecule has 102 valence electrons. The highest BCUT2D eigenvalue weighted by molar-refractivity contribution is 5.60. The third-order valence-corrected chi connectivity index (χ3v) is 2.66. The van der Waals surface area contributed by atoms with Gasteiger partial charge in [-0.15, -0.1) is 0 Å². The van der Waals surface area contributed by atoms with Crippen molar-refractivity contribution in [2.75, 3.05) is 13.7 Å². The van der Waals surface area contributed by atoms with Gasteiger partial charge in [0.15, 0.2) is 11.5 Å². The maximum atomic E-state index is 5.47. The number of hydrogen-bond acceptors (Lipinski definition) is 5. The summed E-state index contributed by atoms with van der Waals surface area (Å²) in [6, 6.07) is 5.59. The summed E-state index contributed by atoms with van der Waals surface area (Å²) in [5.41, 5.74) is 0.843. The van der Waals surface area contributed by atoms with E-state index in [9.17, 15) is 0 Å². The van der Waals surface area contributed by atoms with Gasteiger partial charge in [0, 0.05) is 11.5 Å². The average Bonchev–Trinajstić information content (AvgIpc) is 2.89. The Bertz CT molecular complexity index is 549. The highest BCUT2D eigenvalue weighted by atomic mass is 16.5. The van der Waals surface area contributed by atoms with E-state index in [1.807, 2.05) is 39.0 Å². The first-order valence-corrected chi connectivity index (χ1v) is 6.30. The number of rotatable bonds is 5. The van der Waals surface area contributed by atoms with E-state index in [1.165, 1.54) is 0 Å². The molecule has 0 aliphatic heterocycles. The lowest BCUT2D eigenvalue weighted by molar-refractivity contribution is 0.311. The van der Waals surface area contributed by atoms with Crippen LogP contribution in [-0.4, -0.2) is 23.9 Å². The minimum absolute atomic E-state index is 0.214. The van der Waals surface area contributed by atoms with Crippen LogP contribution >= 0.6 is 0 Å². The second-order valence-electron chi connectivity index (χ2n) is 4.41. The van der Waals surface area contributed by atoms with Gasteiger partial charge >= 0.3 is 0 Å². The Kier molecular flexibility index (Phi) is 4.04. The zero-order valence-electron chi connectivity index (χ0n) is 11.6. The van der Waals surface area contributed by atoms with E-state index in [2.05, 4.69) is 10.1 Å². The molecule has 1 heterocycles. The SMILES string of the molecule is CCOc1ccc(-c2noc(C(C)C)n2)cc1OC. The summed E-state index contributed by atoms with van der Waals surface area (Å²) >= 11 is 0. The molecule has 0 atom stereocenters. The zero-order valence-corrected chi connectivity index (χ0v) is 11.6. The number of ether oxygens (including phenoxy) is 2. The third-order valence-electron chi connectivity index (χ3n) is 2.66. The highest BCUT2D eigenvalue weighted by Crippen LogP contribution is 2.31. The molecule has 2 rings (SSSR count). The summed E-state index contributed by atoms with van der Waals surface area (Å²) in [4.78, 5) is 4.36. The van der Waals surface area contributed by atoms with Crippen LogP contribution in [0.4, 0.5) is 0 Å². The molecule has 5 heteroatoms. The van der Waals surface area contributed by atoms with E-state index in [-0.39, 0.29) is 5.92 Å². The molecule has 1 aromatic heterocycles. The molecule has 0 spiro atoms. The highest BCUT2D eigenvalue weighted by Gasteiger charge is 2.13. The van der Waals surface area contributed by atoms with Gasteiger partial charge in [-0.1, -0.05) is 19.0 Å². The van der Waals surface area contributed by atoms with Crippen molar-refractivity contribution in [1.29, 1.82) is 0 Å². The van der Waals surface area contributed by atoms with Crippen LogP contribution in [0.2, 0.25) is 0 Å². The van der Waals surface area contributed by atoms with Crippen molar-refractivity contribution in [3.05, 3.63) is 24.1 Å². The molecule has 0 N–H and O–H groups in total. The number of aromatic nitrogens is 2. The summed E-state index contributed by atoms with van der Waals surface area (Å²) < 4.78 is 16.0. The van der Waals surface area contributed by atoms with Crippen LogP contribution in [0.1, 0.15) is 32.6 Å². The van der Waals surface area contributed by atoms with Crippen molar-refractivity contribution >= 4 is 0 Å². The van der Waals surface area contributed by atoms with E-state index in [1.54, 1.807) is 7.11 Å². The molecule has 2 aromatic rings. The molecule has 1 aromatic carbocycles. The lowest BCUT2D eigenvalue weighted by atomic mass is 10.2. The van der Waals surface area contributed by atoms with E-state index in [4.69, 9.17) is 14.0 Å². The van der Waals surface area contributed by atoms with Crippen LogP contribution in [0.25, 0.3) is 11.4 Å². The van der Waals surface area contributed by atoms with Crippen LogP contribution in [-0.2, 0) is 0 Å². The average molecular weight is 262 g/mol. The molecule has 0 unspecified atom stereocenters. The van der Waals surface area contributed by atoms with E-state index in [0.717, 1.165) is 5.56 Å². The van der Waals surface area contributed by atoms with Crippen LogP contribution in [0.3, 0.4) is 0 Å². The minimum Gasteiger partial charge on any atom is -0.493 e. The molecule has 0 aliphatic carbocycles. The Balaban J connectivity index is 2.34. The molecule has 0 saturated heterocycles. The Morgan fingerprint density at radius 1 is 1.26 bits per heavy atom. The predicted octanol–water partition coefficient (Wildman–Crippen LogP) is 3.27. The first kappa shape index (κ1) is 13.4. The zero-order chi connectivity index (χ0) is 13.8. The van der Waals surface area contributed by atoms with Gasteiger partial charge in [0.25, 0.3) is 0 Å². The number of hydrogen-bond donors (Lipinski definition) is 0. The molecule has 0 saturated carbocycles. The first-order chi connectivity index (χ1) is 9.15. The van der Waals surface area contributed by atoms with E-state index >= 15 is 0 Å². The van der Waals surface area contributed by atoms with Crippen LogP contribution in [0, 0.1) is 0 Å². The van der Waals surface area contributed by atoms with Crippen LogP contribution in [0.5, 0.6) is 11.5 Å². The fourth-order valence-corrected chi connectivity index (χ4v) is 1.67. The molecule has 0 bridgehead atoms. The molecular weight excluding hydrogens is 244 g/mol. The maximum Gasteiger partial charge on any atom is 0.229 e. The van der Waals surface area contributed by atoms with Gasteiger partial charge in [-0.2, -0.15) is 4.98 Å². The van der Waals surface area contributed by atoms with Gasteiger partial charge in [-0.05, 0) is 25.1 Å². The Morgan fingerprint density at radius 3 is 2.63 bits per heavy atom. The summed E-state index contributed by atoms with van der Waals surface area (Å²) in [5.74, 6) is 2.77. The summed E-state index contributed by atoms with van der Waals surface area (Å²) in [5, 5.41) is 3.98. The maximum absolute atomic E-state index is 5.47. The summed E-state index contributed by atoms with van der Waals surface area (Å²) in [7, 11) is 1.61. The third kappa shape index (κ3) is 2.86. The fourth-order valence-electron chi connectivity index (χ4n) is 1.67. The lowest BCUT2D eigenvalue weighted by Gasteiger charge is -2.09. The number of methoxy groups -OCH3 is 1. The van der Waals surface area contributed by atoms with Gasteiger partial charge in [0.05, 0.1) is 13.7 Å². The molecule has 0 radical (unpaired) electrons. The van der Waals surface area contributed by atoms with Gasteiger partial charge < -0.3 is 14.0 Å². The van der Waals surface area contributed by atoms with Gasteiger partial charge in [-0.25, -0.2) is 0 Å². The molecule has 19 heavy (non-hydrogen) atoms. The van der Waals surface area contributed by atoms with E-state index < -0.39 is 0 Å². The topological polar surface area (TPSA) is 57.4 Å². The molecule has 0 amide bonds. The Morgan fingerprint density at radius 2 is 2.05 bits per heavy atom. The van der Waals surface area contributed by atoms with Gasteiger partial charge in [0.2, 0.25) is 11.7 Å². The second-order valence-corrected chi connectivity index (χ2v) is 4.41. The van der Waals surface area contributed by atoms with Crippen molar-refractivity contribution in [1.82, 2.24) is 10.1 Å². The fraction of sp³-hybridized carbons (Fsp3) is 0.429. The van der Waals surface area contributed by atoms with Crippen molar-refractivity contribution in [2.24, 2.45) is 0 Å².